The van der Waals surface area contributed by atoms with E-state index in [-0.39, 0.29) is 24.3 Å². The third kappa shape index (κ3) is 4.77. The molecule has 3 aliphatic rings. The molecule has 0 radical (unpaired) electrons. The largest absolute Gasteiger partial charge is 0.497 e. The van der Waals surface area contributed by atoms with Crippen molar-refractivity contribution in [3.63, 3.8) is 0 Å². The van der Waals surface area contributed by atoms with Gasteiger partial charge in [0.15, 0.2) is 0 Å². The predicted octanol–water partition coefficient (Wildman–Crippen LogP) is 3.00. The highest BCUT2D eigenvalue weighted by Gasteiger charge is 2.54. The van der Waals surface area contributed by atoms with E-state index in [1.165, 1.54) is 7.11 Å². The van der Waals surface area contributed by atoms with Crippen LogP contribution in [0.25, 0.3) is 0 Å². The van der Waals surface area contributed by atoms with E-state index in [2.05, 4.69) is 4.90 Å². The average Bonchev–Trinajstić information content (AvgIpc) is 3.23. The minimum absolute atomic E-state index is 0.0160. The van der Waals surface area contributed by atoms with Crippen LogP contribution in [0.3, 0.4) is 0 Å². The van der Waals surface area contributed by atoms with E-state index >= 15 is 0 Å². The third-order valence-corrected chi connectivity index (χ3v) is 8.13. The fourth-order valence-electron chi connectivity index (χ4n) is 5.95. The minimum Gasteiger partial charge on any atom is -0.497 e. The van der Waals surface area contributed by atoms with Crippen molar-refractivity contribution >= 4 is 23.4 Å². The molecule has 9 nitrogen and oxygen atoms in total. The number of amides is 3. The van der Waals surface area contributed by atoms with Gasteiger partial charge in [0.05, 0.1) is 26.5 Å². The molecule has 3 heterocycles. The molecule has 3 fully saturated rings. The molecule has 0 aliphatic carbocycles. The molecule has 0 atom stereocenters. The number of anilines is 1. The smallest absolute Gasteiger partial charge is 0.257 e. The van der Waals surface area contributed by atoms with Crippen molar-refractivity contribution in [3.05, 3.63) is 54.1 Å². The molecule has 2 aromatic carbocycles. The average molecular weight is 521 g/mol. The van der Waals surface area contributed by atoms with Gasteiger partial charge >= 0.3 is 0 Å². The number of methoxy groups -OCH3 is 2. The zero-order chi connectivity index (χ0) is 26.7. The summed E-state index contributed by atoms with van der Waals surface area (Å²) in [6, 6.07) is 15.1. The lowest BCUT2D eigenvalue weighted by Gasteiger charge is -2.43. The summed E-state index contributed by atoms with van der Waals surface area (Å²) in [5.41, 5.74) is 0.630. The summed E-state index contributed by atoms with van der Waals surface area (Å²) >= 11 is 0. The minimum atomic E-state index is -0.787. The molecule has 1 spiro atoms. The molecular weight excluding hydrogens is 484 g/mol. The van der Waals surface area contributed by atoms with E-state index in [4.69, 9.17) is 9.47 Å². The maximum absolute atomic E-state index is 14.0. The van der Waals surface area contributed by atoms with E-state index in [1.54, 1.807) is 35.1 Å². The SMILES string of the molecule is COc1ccc(C(=O)N2CCC3(CC2)C(=O)N(CC(=O)N2CCCCC2)CN3c2ccccc2)c(OC)c1. The van der Waals surface area contributed by atoms with Gasteiger partial charge in [-0.25, -0.2) is 0 Å². The Morgan fingerprint density at radius 1 is 0.868 bits per heavy atom. The van der Waals surface area contributed by atoms with Crippen LogP contribution in [0, 0.1) is 0 Å². The summed E-state index contributed by atoms with van der Waals surface area (Å²) in [4.78, 5) is 48.0. The molecule has 0 aromatic heterocycles. The van der Waals surface area contributed by atoms with Gasteiger partial charge in [0, 0.05) is 37.9 Å². The zero-order valence-electron chi connectivity index (χ0n) is 22.2. The second kappa shape index (κ2) is 10.9. The number of para-hydroxylation sites is 1. The van der Waals surface area contributed by atoms with Gasteiger partial charge in [-0.2, -0.15) is 0 Å². The molecular formula is C29H36N4O5. The number of carbonyl (C=O) groups excluding carboxylic acids is 3. The Morgan fingerprint density at radius 3 is 2.24 bits per heavy atom. The van der Waals surface area contributed by atoms with Crippen LogP contribution in [-0.4, -0.2) is 91.6 Å². The van der Waals surface area contributed by atoms with Crippen molar-refractivity contribution in [1.82, 2.24) is 14.7 Å². The van der Waals surface area contributed by atoms with Crippen molar-refractivity contribution in [2.75, 3.05) is 58.5 Å². The Hall–Kier alpha value is -3.75. The molecule has 0 bridgehead atoms. The second-order valence-electron chi connectivity index (χ2n) is 10.2. The number of ether oxygens (including phenoxy) is 2. The summed E-state index contributed by atoms with van der Waals surface area (Å²) in [7, 11) is 3.10. The molecule has 0 N–H and O–H groups in total. The van der Waals surface area contributed by atoms with Crippen LogP contribution in [0.4, 0.5) is 5.69 Å². The lowest BCUT2D eigenvalue weighted by Crippen LogP contribution is -2.57. The fourth-order valence-corrected chi connectivity index (χ4v) is 5.95. The van der Waals surface area contributed by atoms with Gasteiger partial charge in [-0.15, -0.1) is 0 Å². The van der Waals surface area contributed by atoms with Gasteiger partial charge in [0.2, 0.25) is 5.91 Å². The van der Waals surface area contributed by atoms with Gasteiger partial charge in [-0.3, -0.25) is 14.4 Å². The third-order valence-electron chi connectivity index (χ3n) is 8.13. The number of likely N-dealkylation sites (tertiary alicyclic amines) is 2. The van der Waals surface area contributed by atoms with Crippen LogP contribution in [0.5, 0.6) is 11.5 Å². The van der Waals surface area contributed by atoms with Crippen LogP contribution in [0.2, 0.25) is 0 Å². The van der Waals surface area contributed by atoms with Crippen LogP contribution >= 0.6 is 0 Å². The molecule has 9 heteroatoms. The maximum Gasteiger partial charge on any atom is 0.257 e. The first-order chi connectivity index (χ1) is 18.5. The predicted molar refractivity (Wildman–Crippen MR) is 143 cm³/mol. The first-order valence-corrected chi connectivity index (χ1v) is 13.4. The number of hydrogen-bond donors (Lipinski definition) is 0. The first-order valence-electron chi connectivity index (χ1n) is 13.4. The summed E-state index contributed by atoms with van der Waals surface area (Å²) < 4.78 is 10.7. The summed E-state index contributed by atoms with van der Waals surface area (Å²) in [6.07, 6.45) is 4.15. The molecule has 38 heavy (non-hydrogen) atoms. The summed E-state index contributed by atoms with van der Waals surface area (Å²) in [6.45, 7) is 2.84. The molecule has 2 aromatic rings. The van der Waals surface area contributed by atoms with Gasteiger partial charge in [0.25, 0.3) is 11.8 Å². The van der Waals surface area contributed by atoms with Crippen molar-refractivity contribution in [2.45, 2.75) is 37.6 Å². The topological polar surface area (TPSA) is 82.6 Å². The number of carbonyl (C=O) groups is 3. The van der Waals surface area contributed by atoms with Crippen LogP contribution in [0.15, 0.2) is 48.5 Å². The quantitative estimate of drug-likeness (QED) is 0.583. The highest BCUT2D eigenvalue weighted by molar-refractivity contribution is 5.99. The highest BCUT2D eigenvalue weighted by atomic mass is 16.5. The van der Waals surface area contributed by atoms with Gasteiger partial charge < -0.3 is 29.1 Å². The molecule has 0 unspecified atom stereocenters. The van der Waals surface area contributed by atoms with E-state index in [1.807, 2.05) is 35.2 Å². The number of nitrogens with zero attached hydrogens (tertiary/aromatic N) is 4. The van der Waals surface area contributed by atoms with Crippen molar-refractivity contribution in [2.24, 2.45) is 0 Å². The number of piperidine rings is 2. The summed E-state index contributed by atoms with van der Waals surface area (Å²) in [5.74, 6) is 0.932. The molecule has 202 valence electrons. The Bertz CT molecular complexity index is 1170. The van der Waals surface area contributed by atoms with Crippen molar-refractivity contribution in [1.29, 1.82) is 0 Å². The molecule has 3 amide bonds. The van der Waals surface area contributed by atoms with Gasteiger partial charge in [-0.05, 0) is 56.4 Å². The van der Waals surface area contributed by atoms with E-state index in [9.17, 15) is 14.4 Å². The Labute approximate surface area is 223 Å². The fraction of sp³-hybridized carbons (Fsp3) is 0.483. The normalized spacial score (nSPS) is 19.2. The molecule has 3 aliphatic heterocycles. The van der Waals surface area contributed by atoms with E-state index < -0.39 is 5.54 Å². The molecule has 5 rings (SSSR count). The highest BCUT2D eigenvalue weighted by Crippen LogP contribution is 2.40. The number of rotatable bonds is 6. The first kappa shape index (κ1) is 25.9. The Kier molecular flexibility index (Phi) is 7.44. The van der Waals surface area contributed by atoms with Crippen LogP contribution in [-0.2, 0) is 9.59 Å². The molecule has 3 saturated heterocycles. The standard InChI is InChI=1S/C29H36N4O5/c1-37-23-11-12-24(25(19-23)38-2)27(35)31-17-13-29(14-18-31)28(36)32(20-26(34)30-15-7-4-8-16-30)21-33(29)22-9-5-3-6-10-22/h3,5-6,9-12,19H,4,7-8,13-18,20-21H2,1-2H3. The Morgan fingerprint density at radius 2 is 1.58 bits per heavy atom. The van der Waals surface area contributed by atoms with E-state index in [0.29, 0.717) is 49.7 Å². The lowest BCUT2D eigenvalue weighted by atomic mass is 9.85. The monoisotopic (exact) mass is 520 g/mol. The Balaban J connectivity index is 1.35. The van der Waals surface area contributed by atoms with Crippen LogP contribution < -0.4 is 14.4 Å². The number of hydrogen-bond acceptors (Lipinski definition) is 6. The van der Waals surface area contributed by atoms with E-state index in [0.717, 1.165) is 38.0 Å². The molecule has 0 saturated carbocycles. The number of benzene rings is 2. The second-order valence-corrected chi connectivity index (χ2v) is 10.2. The van der Waals surface area contributed by atoms with Gasteiger partial charge in [-0.1, -0.05) is 18.2 Å². The van der Waals surface area contributed by atoms with Crippen molar-refractivity contribution in [3.8, 4) is 11.5 Å². The maximum atomic E-state index is 14.0. The van der Waals surface area contributed by atoms with Crippen molar-refractivity contribution < 1.29 is 23.9 Å². The lowest BCUT2D eigenvalue weighted by molar-refractivity contribution is -0.141. The van der Waals surface area contributed by atoms with Crippen LogP contribution in [0.1, 0.15) is 42.5 Å². The summed E-state index contributed by atoms with van der Waals surface area (Å²) in [5, 5.41) is 0. The zero-order valence-corrected chi connectivity index (χ0v) is 22.2. The van der Waals surface area contributed by atoms with Gasteiger partial charge in [0.1, 0.15) is 23.6 Å².